The highest BCUT2D eigenvalue weighted by atomic mass is 16.4. The molecule has 1 aliphatic heterocycles. The maximum absolute atomic E-state index is 5.73. The average Bonchev–Trinajstić information content (AvgIpc) is 2.45. The van der Waals surface area contributed by atoms with Gasteiger partial charge in [-0.15, -0.1) is 0 Å². The second-order valence-electron chi connectivity index (χ2n) is 3.33. The van der Waals surface area contributed by atoms with Gasteiger partial charge in [-0.05, 0) is 19.1 Å². The predicted octanol–water partition coefficient (Wildman–Crippen LogP) is 1.47. The van der Waals surface area contributed by atoms with Crippen molar-refractivity contribution < 1.29 is 4.42 Å². The van der Waals surface area contributed by atoms with Crippen LogP contribution in [0.2, 0.25) is 0 Å². The Labute approximate surface area is 82.7 Å². The van der Waals surface area contributed by atoms with E-state index in [1.165, 1.54) is 0 Å². The minimum absolute atomic E-state index is 0.659. The lowest BCUT2D eigenvalue weighted by Gasteiger charge is -2.20. The van der Waals surface area contributed by atoms with Crippen LogP contribution in [-0.2, 0) is 0 Å². The van der Waals surface area contributed by atoms with Crippen molar-refractivity contribution in [3.8, 4) is 0 Å². The molecule has 0 saturated carbocycles. The molecule has 0 saturated heterocycles. The molecule has 14 heavy (non-hydrogen) atoms. The Morgan fingerprint density at radius 3 is 2.86 bits per heavy atom. The standard InChI is InChI=1S/C10H13N3O/c1-7-10(14-8(2)12-7)13-5-3-4-9(11)6-13/h3-5H,6,11H2,1-2H3. The molecule has 0 atom stereocenters. The van der Waals surface area contributed by atoms with Gasteiger partial charge in [0.15, 0.2) is 5.89 Å². The summed E-state index contributed by atoms with van der Waals surface area (Å²) in [5.74, 6) is 1.45. The fraction of sp³-hybridized carbons (Fsp3) is 0.300. The smallest absolute Gasteiger partial charge is 0.223 e. The first-order valence-electron chi connectivity index (χ1n) is 4.50. The third kappa shape index (κ3) is 1.51. The van der Waals surface area contributed by atoms with Crippen molar-refractivity contribution >= 4 is 5.88 Å². The van der Waals surface area contributed by atoms with Gasteiger partial charge in [0, 0.05) is 18.8 Å². The van der Waals surface area contributed by atoms with Gasteiger partial charge in [-0.1, -0.05) is 0 Å². The SMILES string of the molecule is Cc1nc(C)c(N2C=CC=C(N)C2)o1. The average molecular weight is 191 g/mol. The van der Waals surface area contributed by atoms with Crippen LogP contribution in [0.1, 0.15) is 11.6 Å². The number of allylic oxidation sites excluding steroid dienone is 2. The van der Waals surface area contributed by atoms with E-state index < -0.39 is 0 Å². The third-order valence-electron chi connectivity index (χ3n) is 2.07. The topological polar surface area (TPSA) is 55.3 Å². The molecule has 1 aromatic rings. The van der Waals surface area contributed by atoms with Crippen LogP contribution in [0, 0.1) is 13.8 Å². The van der Waals surface area contributed by atoms with Crippen molar-refractivity contribution in [2.45, 2.75) is 13.8 Å². The molecule has 1 aliphatic rings. The molecular weight excluding hydrogens is 178 g/mol. The summed E-state index contributed by atoms with van der Waals surface area (Å²) in [4.78, 5) is 6.16. The van der Waals surface area contributed by atoms with Crippen molar-refractivity contribution in [1.82, 2.24) is 4.98 Å². The predicted molar refractivity (Wildman–Crippen MR) is 54.7 cm³/mol. The zero-order valence-electron chi connectivity index (χ0n) is 8.32. The van der Waals surface area contributed by atoms with Crippen LogP contribution in [0.25, 0.3) is 0 Å². The molecule has 2 N–H and O–H groups in total. The molecule has 2 heterocycles. The van der Waals surface area contributed by atoms with Crippen molar-refractivity contribution in [3.05, 3.63) is 35.6 Å². The highest BCUT2D eigenvalue weighted by molar-refractivity contribution is 5.47. The zero-order chi connectivity index (χ0) is 10.1. The lowest BCUT2D eigenvalue weighted by Crippen LogP contribution is -2.24. The normalized spacial score (nSPS) is 15.9. The van der Waals surface area contributed by atoms with E-state index in [0.717, 1.165) is 17.3 Å². The molecule has 4 nitrogen and oxygen atoms in total. The van der Waals surface area contributed by atoms with Gasteiger partial charge in [-0.3, -0.25) is 0 Å². The van der Waals surface area contributed by atoms with Gasteiger partial charge in [-0.2, -0.15) is 0 Å². The first-order chi connectivity index (χ1) is 6.66. The van der Waals surface area contributed by atoms with Crippen LogP contribution < -0.4 is 10.6 Å². The number of aromatic nitrogens is 1. The molecule has 0 radical (unpaired) electrons. The number of aryl methyl sites for hydroxylation is 2. The van der Waals surface area contributed by atoms with Gasteiger partial charge >= 0.3 is 0 Å². The van der Waals surface area contributed by atoms with Crippen LogP contribution in [-0.4, -0.2) is 11.5 Å². The molecule has 0 spiro atoms. The number of hydrogen-bond acceptors (Lipinski definition) is 4. The molecule has 0 aliphatic carbocycles. The van der Waals surface area contributed by atoms with E-state index in [2.05, 4.69) is 4.98 Å². The van der Waals surface area contributed by atoms with Gasteiger partial charge in [0.05, 0.1) is 6.54 Å². The van der Waals surface area contributed by atoms with Crippen molar-refractivity contribution in [3.63, 3.8) is 0 Å². The number of nitrogens with zero attached hydrogens (tertiary/aromatic N) is 2. The number of nitrogens with two attached hydrogens (primary N) is 1. The molecule has 4 heteroatoms. The van der Waals surface area contributed by atoms with Crippen LogP contribution >= 0.6 is 0 Å². The number of rotatable bonds is 1. The summed E-state index contributed by atoms with van der Waals surface area (Å²) in [5.41, 5.74) is 7.44. The van der Waals surface area contributed by atoms with Crippen LogP contribution in [0.4, 0.5) is 5.88 Å². The third-order valence-corrected chi connectivity index (χ3v) is 2.07. The van der Waals surface area contributed by atoms with Gasteiger partial charge < -0.3 is 15.1 Å². The Morgan fingerprint density at radius 1 is 1.50 bits per heavy atom. The van der Waals surface area contributed by atoms with Crippen LogP contribution in [0.3, 0.4) is 0 Å². The Balaban J connectivity index is 2.29. The molecule has 0 fully saturated rings. The van der Waals surface area contributed by atoms with Crippen molar-refractivity contribution in [1.29, 1.82) is 0 Å². The Bertz CT molecular complexity index is 403. The minimum atomic E-state index is 0.659. The summed E-state index contributed by atoms with van der Waals surface area (Å²) in [6.45, 7) is 4.42. The molecule has 0 bridgehead atoms. The van der Waals surface area contributed by atoms with E-state index >= 15 is 0 Å². The first-order valence-corrected chi connectivity index (χ1v) is 4.50. The quantitative estimate of drug-likeness (QED) is 0.730. The summed E-state index contributed by atoms with van der Waals surface area (Å²) >= 11 is 0. The summed E-state index contributed by atoms with van der Waals surface area (Å²) in [5, 5.41) is 0. The van der Waals surface area contributed by atoms with E-state index in [9.17, 15) is 0 Å². The molecule has 0 amide bonds. The summed E-state index contributed by atoms with van der Waals surface area (Å²) in [7, 11) is 0. The summed E-state index contributed by atoms with van der Waals surface area (Å²) in [6, 6.07) is 0. The largest absolute Gasteiger partial charge is 0.425 e. The number of hydrogen-bond donors (Lipinski definition) is 1. The minimum Gasteiger partial charge on any atom is -0.425 e. The Hall–Kier alpha value is -1.71. The lowest BCUT2D eigenvalue weighted by molar-refractivity contribution is 0.520. The lowest BCUT2D eigenvalue weighted by atomic mass is 10.3. The number of oxazole rings is 1. The van der Waals surface area contributed by atoms with E-state index in [0.29, 0.717) is 12.4 Å². The first kappa shape index (κ1) is 8.87. The molecule has 0 unspecified atom stereocenters. The van der Waals surface area contributed by atoms with Crippen LogP contribution in [0.5, 0.6) is 0 Å². The van der Waals surface area contributed by atoms with Gasteiger partial charge in [0.25, 0.3) is 0 Å². The maximum atomic E-state index is 5.73. The Kier molecular flexibility index (Phi) is 2.04. The molecule has 2 rings (SSSR count). The van der Waals surface area contributed by atoms with Crippen molar-refractivity contribution in [2.24, 2.45) is 5.73 Å². The van der Waals surface area contributed by atoms with E-state index in [4.69, 9.17) is 10.2 Å². The van der Waals surface area contributed by atoms with Gasteiger partial charge in [0.1, 0.15) is 5.69 Å². The summed E-state index contributed by atoms with van der Waals surface area (Å²) < 4.78 is 5.48. The second-order valence-corrected chi connectivity index (χ2v) is 3.33. The second kappa shape index (κ2) is 3.21. The summed E-state index contributed by atoms with van der Waals surface area (Å²) in [6.07, 6.45) is 5.72. The van der Waals surface area contributed by atoms with Crippen LogP contribution in [0.15, 0.2) is 28.5 Å². The van der Waals surface area contributed by atoms with Gasteiger partial charge in [0.2, 0.25) is 5.88 Å². The molecule has 1 aromatic heterocycles. The Morgan fingerprint density at radius 2 is 2.29 bits per heavy atom. The van der Waals surface area contributed by atoms with E-state index in [1.807, 2.05) is 37.1 Å². The molecule has 74 valence electrons. The van der Waals surface area contributed by atoms with Crippen molar-refractivity contribution in [2.75, 3.05) is 11.4 Å². The molecule has 0 aromatic carbocycles. The van der Waals surface area contributed by atoms with E-state index in [-0.39, 0.29) is 0 Å². The monoisotopic (exact) mass is 191 g/mol. The highest BCUT2D eigenvalue weighted by Gasteiger charge is 2.15. The zero-order valence-corrected chi connectivity index (χ0v) is 8.32. The fourth-order valence-electron chi connectivity index (χ4n) is 1.50. The molecular formula is C10H13N3O. The van der Waals surface area contributed by atoms with Gasteiger partial charge in [-0.25, -0.2) is 4.98 Å². The van der Waals surface area contributed by atoms with E-state index in [1.54, 1.807) is 0 Å². The maximum Gasteiger partial charge on any atom is 0.223 e. The fourth-order valence-corrected chi connectivity index (χ4v) is 1.50. The highest BCUT2D eigenvalue weighted by Crippen LogP contribution is 2.23. The number of anilines is 1.